The number of hydrogen-bond donors (Lipinski definition) is 1. The molecule has 0 bridgehead atoms. The highest BCUT2D eigenvalue weighted by atomic mass is 19.1. The summed E-state index contributed by atoms with van der Waals surface area (Å²) < 4.78 is 13.7. The van der Waals surface area contributed by atoms with Gasteiger partial charge in [-0.2, -0.15) is 0 Å². The zero-order valence-corrected chi connectivity index (χ0v) is 11.4. The molecule has 18 heavy (non-hydrogen) atoms. The summed E-state index contributed by atoms with van der Waals surface area (Å²) in [6.45, 7) is 8.20. The van der Waals surface area contributed by atoms with Gasteiger partial charge in [0.05, 0.1) is 0 Å². The maximum absolute atomic E-state index is 13.7. The van der Waals surface area contributed by atoms with Crippen LogP contribution in [0.3, 0.4) is 0 Å². The molecule has 3 heteroatoms. The van der Waals surface area contributed by atoms with E-state index in [4.69, 9.17) is 0 Å². The second-order valence-corrected chi connectivity index (χ2v) is 5.10. The van der Waals surface area contributed by atoms with Crippen LogP contribution in [0.2, 0.25) is 0 Å². The third-order valence-electron chi connectivity index (χ3n) is 3.74. The predicted molar refractivity (Wildman–Crippen MR) is 73.2 cm³/mol. The van der Waals surface area contributed by atoms with Crippen LogP contribution < -0.4 is 5.32 Å². The Morgan fingerprint density at radius 1 is 1.33 bits per heavy atom. The van der Waals surface area contributed by atoms with Crippen molar-refractivity contribution in [3.8, 4) is 0 Å². The van der Waals surface area contributed by atoms with E-state index in [1.165, 1.54) is 0 Å². The largest absolute Gasteiger partial charge is 0.314 e. The van der Waals surface area contributed by atoms with Crippen LogP contribution in [-0.4, -0.2) is 31.1 Å². The molecule has 0 unspecified atom stereocenters. The van der Waals surface area contributed by atoms with Gasteiger partial charge in [-0.05, 0) is 30.5 Å². The van der Waals surface area contributed by atoms with Crippen LogP contribution in [0.5, 0.6) is 0 Å². The lowest BCUT2D eigenvalue weighted by molar-refractivity contribution is 0.164. The van der Waals surface area contributed by atoms with Crippen molar-refractivity contribution in [2.45, 2.75) is 32.7 Å². The molecule has 0 aliphatic carbocycles. The van der Waals surface area contributed by atoms with Crippen molar-refractivity contribution in [1.29, 1.82) is 0 Å². The molecule has 1 saturated heterocycles. The van der Waals surface area contributed by atoms with Crippen molar-refractivity contribution < 1.29 is 4.39 Å². The SMILES string of the molecule is CCC[C@@H](c1ccc(C)c(F)c1)N1CCNCC1. The van der Waals surface area contributed by atoms with Gasteiger partial charge in [0.25, 0.3) is 0 Å². The number of benzene rings is 1. The first-order chi connectivity index (χ1) is 8.72. The minimum absolute atomic E-state index is 0.0799. The number of rotatable bonds is 4. The molecule has 2 rings (SSSR count). The highest BCUT2D eigenvalue weighted by molar-refractivity contribution is 5.26. The Kier molecular flexibility index (Phi) is 4.72. The van der Waals surface area contributed by atoms with Gasteiger partial charge in [0.1, 0.15) is 5.82 Å². The third kappa shape index (κ3) is 3.09. The van der Waals surface area contributed by atoms with Crippen molar-refractivity contribution in [1.82, 2.24) is 10.2 Å². The van der Waals surface area contributed by atoms with E-state index in [0.717, 1.165) is 50.1 Å². The van der Waals surface area contributed by atoms with Gasteiger partial charge < -0.3 is 5.32 Å². The second-order valence-electron chi connectivity index (χ2n) is 5.10. The molecule has 0 aromatic heterocycles. The quantitative estimate of drug-likeness (QED) is 0.884. The fourth-order valence-corrected chi connectivity index (χ4v) is 2.64. The van der Waals surface area contributed by atoms with Gasteiger partial charge in [0.15, 0.2) is 0 Å². The second kappa shape index (κ2) is 6.30. The van der Waals surface area contributed by atoms with Crippen molar-refractivity contribution in [2.75, 3.05) is 26.2 Å². The molecule has 1 atom stereocenters. The number of nitrogens with one attached hydrogen (secondary N) is 1. The molecular formula is C15H23FN2. The number of halogens is 1. The fourth-order valence-electron chi connectivity index (χ4n) is 2.64. The molecule has 0 amide bonds. The number of nitrogens with zero attached hydrogens (tertiary/aromatic N) is 1. The molecule has 1 aromatic rings. The molecule has 1 fully saturated rings. The Balaban J connectivity index is 2.19. The molecule has 0 saturated carbocycles. The highest BCUT2D eigenvalue weighted by Gasteiger charge is 2.21. The standard InChI is InChI=1S/C15H23FN2/c1-3-4-15(18-9-7-17-8-10-18)13-6-5-12(2)14(16)11-13/h5-6,11,15,17H,3-4,7-10H2,1-2H3/t15-/m0/s1. The normalized spacial score (nSPS) is 18.8. The molecule has 1 aliphatic heterocycles. The van der Waals surface area contributed by atoms with Gasteiger partial charge >= 0.3 is 0 Å². The van der Waals surface area contributed by atoms with Gasteiger partial charge in [-0.3, -0.25) is 4.90 Å². The predicted octanol–water partition coefficient (Wildman–Crippen LogP) is 2.88. The maximum atomic E-state index is 13.7. The third-order valence-corrected chi connectivity index (χ3v) is 3.74. The number of piperazine rings is 1. The first kappa shape index (κ1) is 13.5. The topological polar surface area (TPSA) is 15.3 Å². The lowest BCUT2D eigenvalue weighted by atomic mass is 9.98. The zero-order chi connectivity index (χ0) is 13.0. The Hall–Kier alpha value is -0.930. The molecule has 1 aromatic carbocycles. The maximum Gasteiger partial charge on any atom is 0.126 e. The van der Waals surface area contributed by atoms with Crippen molar-refractivity contribution >= 4 is 0 Å². The number of aryl methyl sites for hydroxylation is 1. The fraction of sp³-hybridized carbons (Fsp3) is 0.600. The van der Waals surface area contributed by atoms with E-state index in [2.05, 4.69) is 23.2 Å². The van der Waals surface area contributed by atoms with Crippen LogP contribution in [0, 0.1) is 12.7 Å². The average molecular weight is 250 g/mol. The summed E-state index contributed by atoms with van der Waals surface area (Å²) in [4.78, 5) is 2.48. The summed E-state index contributed by atoms with van der Waals surface area (Å²) >= 11 is 0. The zero-order valence-electron chi connectivity index (χ0n) is 11.4. The van der Waals surface area contributed by atoms with E-state index in [9.17, 15) is 4.39 Å². The molecule has 2 nitrogen and oxygen atoms in total. The summed E-state index contributed by atoms with van der Waals surface area (Å²) in [6, 6.07) is 6.07. The van der Waals surface area contributed by atoms with Gasteiger partial charge in [-0.25, -0.2) is 4.39 Å². The number of hydrogen-bond acceptors (Lipinski definition) is 2. The Morgan fingerprint density at radius 2 is 2.06 bits per heavy atom. The Bertz CT molecular complexity index is 386. The molecule has 1 N–H and O–H groups in total. The first-order valence-corrected chi connectivity index (χ1v) is 6.93. The van der Waals surface area contributed by atoms with E-state index in [0.29, 0.717) is 6.04 Å². The van der Waals surface area contributed by atoms with Crippen LogP contribution >= 0.6 is 0 Å². The summed E-state index contributed by atoms with van der Waals surface area (Å²) in [5, 5.41) is 3.37. The van der Waals surface area contributed by atoms with E-state index >= 15 is 0 Å². The first-order valence-electron chi connectivity index (χ1n) is 6.93. The minimum Gasteiger partial charge on any atom is -0.314 e. The monoisotopic (exact) mass is 250 g/mol. The highest BCUT2D eigenvalue weighted by Crippen LogP contribution is 2.27. The summed E-state index contributed by atoms with van der Waals surface area (Å²) in [7, 11) is 0. The van der Waals surface area contributed by atoms with Gasteiger partial charge in [0, 0.05) is 32.2 Å². The smallest absolute Gasteiger partial charge is 0.126 e. The van der Waals surface area contributed by atoms with Crippen molar-refractivity contribution in [3.63, 3.8) is 0 Å². The van der Waals surface area contributed by atoms with Crippen LogP contribution in [0.15, 0.2) is 18.2 Å². The lowest BCUT2D eigenvalue weighted by Gasteiger charge is -2.35. The van der Waals surface area contributed by atoms with Gasteiger partial charge in [-0.1, -0.05) is 25.5 Å². The average Bonchev–Trinajstić information content (AvgIpc) is 2.40. The van der Waals surface area contributed by atoms with E-state index in [1.54, 1.807) is 6.07 Å². The summed E-state index contributed by atoms with van der Waals surface area (Å²) in [6.07, 6.45) is 2.23. The molecular weight excluding hydrogens is 227 g/mol. The lowest BCUT2D eigenvalue weighted by Crippen LogP contribution is -2.45. The van der Waals surface area contributed by atoms with Crippen LogP contribution in [0.25, 0.3) is 0 Å². The molecule has 0 radical (unpaired) electrons. The van der Waals surface area contributed by atoms with Crippen molar-refractivity contribution in [3.05, 3.63) is 35.1 Å². The molecule has 0 spiro atoms. The van der Waals surface area contributed by atoms with Crippen LogP contribution in [0.4, 0.5) is 4.39 Å². The van der Waals surface area contributed by atoms with E-state index in [1.807, 2.05) is 13.0 Å². The van der Waals surface area contributed by atoms with Crippen molar-refractivity contribution in [2.24, 2.45) is 0 Å². The Labute approximate surface area is 109 Å². The Morgan fingerprint density at radius 3 is 2.67 bits per heavy atom. The summed E-state index contributed by atoms with van der Waals surface area (Å²) in [5.41, 5.74) is 1.86. The minimum atomic E-state index is -0.0799. The molecule has 1 heterocycles. The van der Waals surface area contributed by atoms with Gasteiger partial charge in [0.2, 0.25) is 0 Å². The van der Waals surface area contributed by atoms with Gasteiger partial charge in [-0.15, -0.1) is 0 Å². The molecule has 100 valence electrons. The van der Waals surface area contributed by atoms with Crippen LogP contribution in [0.1, 0.15) is 36.9 Å². The van der Waals surface area contributed by atoms with E-state index in [-0.39, 0.29) is 5.82 Å². The van der Waals surface area contributed by atoms with E-state index < -0.39 is 0 Å². The van der Waals surface area contributed by atoms with Crippen LogP contribution in [-0.2, 0) is 0 Å². The summed E-state index contributed by atoms with van der Waals surface area (Å²) in [5.74, 6) is -0.0799. The molecule has 1 aliphatic rings.